The molecule has 11 heteroatoms. The summed E-state index contributed by atoms with van der Waals surface area (Å²) >= 11 is 17.7. The summed E-state index contributed by atoms with van der Waals surface area (Å²) in [6, 6.07) is 10.7. The third-order valence-corrected chi connectivity index (χ3v) is 6.22. The van der Waals surface area contributed by atoms with E-state index in [1.807, 2.05) is 0 Å². The molecule has 0 saturated carbocycles. The Hall–Kier alpha value is -1.84. The monoisotopic (exact) mass is 450 g/mol. The molecular weight excluding hydrogens is 437 g/mol. The van der Waals surface area contributed by atoms with E-state index < -0.39 is 22.5 Å². The van der Waals surface area contributed by atoms with Crippen LogP contribution < -0.4 is 10.9 Å². The number of carbonyl (C=O) groups is 1. The van der Waals surface area contributed by atoms with Crippen molar-refractivity contribution < 1.29 is 23.2 Å². The van der Waals surface area contributed by atoms with Gasteiger partial charge in [0.1, 0.15) is 11.4 Å². The smallest absolute Gasteiger partial charge is 0.284 e. The zero-order chi connectivity index (χ0) is 20.2. The van der Waals surface area contributed by atoms with E-state index in [1.165, 1.54) is 25.2 Å². The molecule has 2 rings (SSSR count). The molecule has 3 N–H and O–H groups in total. The first-order valence-electron chi connectivity index (χ1n) is 7.37. The van der Waals surface area contributed by atoms with Crippen molar-refractivity contribution in [1.82, 2.24) is 4.31 Å². The predicted octanol–water partition coefficient (Wildman–Crippen LogP) is 1.21. The first-order valence-corrected chi connectivity index (χ1v) is 9.94. The largest absolute Gasteiger partial charge is 0.372 e. The Labute approximate surface area is 171 Å². The summed E-state index contributed by atoms with van der Waals surface area (Å²) in [6.45, 7) is -0.589. The lowest BCUT2D eigenvalue weighted by atomic mass is 10.2. The van der Waals surface area contributed by atoms with Gasteiger partial charge in [0.05, 0.1) is 15.6 Å². The van der Waals surface area contributed by atoms with Crippen molar-refractivity contribution >= 4 is 56.6 Å². The maximum absolute atomic E-state index is 12.6. The molecule has 144 valence electrons. The van der Waals surface area contributed by atoms with Gasteiger partial charge in [-0.15, -0.1) is 0 Å². The first kappa shape index (κ1) is 21.5. The molecule has 0 bridgehead atoms. The number of carbonyl (C=O) groups excluding carboxylic acids is 1. The van der Waals surface area contributed by atoms with E-state index in [-0.39, 0.29) is 20.8 Å². The summed E-state index contributed by atoms with van der Waals surface area (Å²) in [4.78, 5) is 16.5. The lowest BCUT2D eigenvalue weighted by Crippen LogP contribution is -2.76. The summed E-state index contributed by atoms with van der Waals surface area (Å²) < 4.78 is 25.9. The highest BCUT2D eigenvalue weighted by molar-refractivity contribution is 7.89. The van der Waals surface area contributed by atoms with E-state index in [0.717, 1.165) is 4.31 Å². The van der Waals surface area contributed by atoms with Gasteiger partial charge in [-0.3, -0.25) is 10.6 Å². The van der Waals surface area contributed by atoms with Crippen LogP contribution >= 0.6 is 34.8 Å². The molecule has 0 radical (unpaired) electrons. The number of benzene rings is 2. The second-order valence-electron chi connectivity index (χ2n) is 5.31. The van der Waals surface area contributed by atoms with Gasteiger partial charge in [0.2, 0.25) is 10.0 Å². The molecule has 2 aromatic carbocycles. The van der Waals surface area contributed by atoms with Crippen LogP contribution in [0.1, 0.15) is 5.56 Å². The third-order valence-electron chi connectivity index (χ3n) is 3.37. The third kappa shape index (κ3) is 5.33. The molecule has 0 aliphatic heterocycles. The van der Waals surface area contributed by atoms with Crippen LogP contribution in [-0.2, 0) is 19.7 Å². The van der Waals surface area contributed by atoms with Crippen molar-refractivity contribution in [3.05, 3.63) is 63.1 Å². The van der Waals surface area contributed by atoms with Crippen molar-refractivity contribution in [3.8, 4) is 0 Å². The molecule has 0 fully saturated rings. The Morgan fingerprint density at radius 1 is 1.15 bits per heavy atom. The second-order valence-corrected chi connectivity index (χ2v) is 8.57. The van der Waals surface area contributed by atoms with Crippen LogP contribution in [0.4, 0.5) is 0 Å². The van der Waals surface area contributed by atoms with Crippen molar-refractivity contribution in [2.45, 2.75) is 4.90 Å². The highest BCUT2D eigenvalue weighted by Gasteiger charge is 2.27. The van der Waals surface area contributed by atoms with E-state index in [2.05, 4.69) is 5.16 Å². The van der Waals surface area contributed by atoms with E-state index in [4.69, 9.17) is 45.4 Å². The molecule has 0 saturated heterocycles. The summed E-state index contributed by atoms with van der Waals surface area (Å²) in [5.74, 6) is -0.897. The number of likely N-dealkylation sites (N-methyl/N-ethyl adjacent to an activating group) is 1. The minimum absolute atomic E-state index is 0.00246. The lowest BCUT2D eigenvalue weighted by molar-refractivity contribution is -0.723. The van der Waals surface area contributed by atoms with Gasteiger partial charge >= 0.3 is 11.8 Å². The normalized spacial score (nSPS) is 12.3. The van der Waals surface area contributed by atoms with Crippen LogP contribution in [0.25, 0.3) is 0 Å². The summed E-state index contributed by atoms with van der Waals surface area (Å²) in [7, 11) is -2.85. The average Bonchev–Trinajstić information content (AvgIpc) is 2.62. The zero-order valence-electron chi connectivity index (χ0n) is 13.9. The maximum Gasteiger partial charge on any atom is 0.372 e. The topological polar surface area (TPSA) is 104 Å². The molecular formula is C16H15Cl3N3O4S+. The maximum atomic E-state index is 12.6. The predicted molar refractivity (Wildman–Crippen MR) is 103 cm³/mol. The number of nitrogens with two attached hydrogens (primary N) is 1. The van der Waals surface area contributed by atoms with Crippen LogP contribution in [0, 0.1) is 0 Å². The van der Waals surface area contributed by atoms with Gasteiger partial charge in [-0.05, 0) is 30.3 Å². The Balaban J connectivity index is 2.10. The highest BCUT2D eigenvalue weighted by atomic mass is 35.5. The molecule has 0 unspecified atom stereocenters. The van der Waals surface area contributed by atoms with Crippen LogP contribution in [0.3, 0.4) is 0 Å². The number of nitrogens with zero attached hydrogens (tertiary/aromatic N) is 1. The number of rotatable bonds is 6. The van der Waals surface area contributed by atoms with E-state index in [1.54, 1.807) is 24.3 Å². The fourth-order valence-corrected chi connectivity index (χ4v) is 4.07. The SMILES string of the molecule is CN(CC(=O)O[NH+]=C(N)c1ccccc1Cl)S(=O)(=O)c1cc(Cl)ccc1Cl. The minimum Gasteiger partial charge on any atom is -0.284 e. The standard InChI is InChI=1S/C16H14Cl3N3O4S/c1-22(27(24,25)14-8-10(17)6-7-13(14)19)9-15(23)26-21-16(20)11-4-2-3-5-12(11)18/h2-8H,9H2,1H3,(H2,20,21)/p+1. The van der Waals surface area contributed by atoms with Gasteiger partial charge in [-0.25, -0.2) is 13.2 Å². The number of halogens is 3. The fraction of sp³-hybridized carbons (Fsp3) is 0.125. The number of sulfonamides is 1. The highest BCUT2D eigenvalue weighted by Crippen LogP contribution is 2.27. The number of nitrogens with one attached hydrogen (secondary N) is 1. The molecule has 0 aliphatic carbocycles. The van der Waals surface area contributed by atoms with Gasteiger partial charge in [0.25, 0.3) is 0 Å². The summed E-state index contributed by atoms with van der Waals surface area (Å²) in [5, 5.41) is 2.78. The van der Waals surface area contributed by atoms with Gasteiger partial charge in [-0.1, -0.05) is 52.1 Å². The Morgan fingerprint density at radius 3 is 2.48 bits per heavy atom. The number of amidine groups is 1. The fourth-order valence-electron chi connectivity index (χ4n) is 1.99. The van der Waals surface area contributed by atoms with Crippen molar-refractivity contribution in [1.29, 1.82) is 0 Å². The lowest BCUT2D eigenvalue weighted by Gasteiger charge is -2.16. The van der Waals surface area contributed by atoms with Crippen LogP contribution in [0.15, 0.2) is 47.4 Å². The number of nitrogen functional groups attached to an aromatic ring is 1. The van der Waals surface area contributed by atoms with Crippen molar-refractivity contribution in [2.75, 3.05) is 13.6 Å². The quantitative estimate of drug-likeness (QED) is 0.297. The molecule has 0 heterocycles. The van der Waals surface area contributed by atoms with E-state index >= 15 is 0 Å². The number of hydrogen-bond donors (Lipinski definition) is 2. The summed E-state index contributed by atoms with van der Waals surface area (Å²) in [5.41, 5.74) is 6.20. The van der Waals surface area contributed by atoms with Gasteiger partial charge in [0, 0.05) is 12.1 Å². The molecule has 7 nitrogen and oxygen atoms in total. The zero-order valence-corrected chi connectivity index (χ0v) is 17.0. The second kappa shape index (κ2) is 8.90. The Morgan fingerprint density at radius 2 is 1.81 bits per heavy atom. The molecule has 0 amide bonds. The van der Waals surface area contributed by atoms with Crippen LogP contribution in [-0.4, -0.2) is 38.1 Å². The molecule has 0 aliphatic rings. The molecule has 0 atom stereocenters. The van der Waals surface area contributed by atoms with E-state index in [0.29, 0.717) is 10.6 Å². The van der Waals surface area contributed by atoms with Crippen molar-refractivity contribution in [3.63, 3.8) is 0 Å². The van der Waals surface area contributed by atoms with Crippen LogP contribution in [0.5, 0.6) is 0 Å². The summed E-state index contributed by atoms with van der Waals surface area (Å²) in [6.07, 6.45) is 0. The minimum atomic E-state index is -4.06. The number of hydrogen-bond acceptors (Lipinski definition) is 4. The molecule has 0 spiro atoms. The first-order chi connectivity index (χ1) is 12.6. The van der Waals surface area contributed by atoms with Gasteiger partial charge in [-0.2, -0.15) is 4.31 Å². The Kier molecular flexibility index (Phi) is 7.07. The molecule has 0 aromatic heterocycles. The van der Waals surface area contributed by atoms with Gasteiger partial charge in [0.15, 0.2) is 0 Å². The average molecular weight is 452 g/mol. The van der Waals surface area contributed by atoms with E-state index in [9.17, 15) is 13.2 Å². The Bertz CT molecular complexity index is 996. The molecule has 2 aromatic rings. The van der Waals surface area contributed by atoms with Gasteiger partial charge < -0.3 is 0 Å². The van der Waals surface area contributed by atoms with Crippen LogP contribution in [0.2, 0.25) is 15.1 Å². The molecule has 27 heavy (non-hydrogen) atoms. The van der Waals surface area contributed by atoms with Crippen molar-refractivity contribution in [2.24, 2.45) is 5.73 Å².